The number of hydrogen-bond acceptors (Lipinski definition) is 4. The van der Waals surface area contributed by atoms with Crippen molar-refractivity contribution in [1.82, 2.24) is 4.98 Å². The van der Waals surface area contributed by atoms with Crippen LogP contribution in [0.5, 0.6) is 0 Å². The zero-order chi connectivity index (χ0) is 7.72. The maximum Gasteiger partial charge on any atom is 0.390 e. The molecule has 4 nitrogen and oxygen atoms in total. The Hall–Kier alpha value is 0.240. The minimum absolute atomic E-state index is 0.102. The fourth-order valence-electron chi connectivity index (χ4n) is 0.382. The number of nitro groups is 1. The van der Waals surface area contributed by atoms with Crippen LogP contribution in [0.25, 0.3) is 0 Å². The first-order valence-electron chi connectivity index (χ1n) is 2.07. The third kappa shape index (κ3) is 1.64. The maximum absolute atomic E-state index is 10.2. The van der Waals surface area contributed by atoms with Crippen LogP contribution in [0.4, 0.5) is 5.82 Å². The van der Waals surface area contributed by atoms with Gasteiger partial charge in [-0.05, 0) is 25.8 Å². The lowest BCUT2D eigenvalue weighted by molar-refractivity contribution is -0.389. The van der Waals surface area contributed by atoms with E-state index in [-0.39, 0.29) is 5.82 Å². The molecule has 0 atom stereocenters. The van der Waals surface area contributed by atoms with E-state index in [0.29, 0.717) is 6.80 Å². The predicted molar refractivity (Wildman–Crippen MR) is 49.2 cm³/mol. The smallest absolute Gasteiger partial charge is 0.358 e. The molecule has 0 aliphatic rings. The Morgan fingerprint density at radius 1 is 1.80 bits per heavy atom. The first-order chi connectivity index (χ1) is 4.61. The zero-order valence-electron chi connectivity index (χ0n) is 4.38. The molecule has 10 heavy (non-hydrogen) atoms. The second kappa shape index (κ2) is 3.09. The lowest BCUT2D eigenvalue weighted by atomic mass is 10.8. The molecule has 0 fully saturated rings. The van der Waals surface area contributed by atoms with Gasteiger partial charge < -0.3 is 10.1 Å². The fourth-order valence-corrected chi connectivity index (χ4v) is 3.36. The largest absolute Gasteiger partial charge is 0.390 e. The van der Waals surface area contributed by atoms with E-state index in [0.717, 1.165) is 0 Å². The normalized spacial score (nSPS) is 9.80. The summed E-state index contributed by atoms with van der Waals surface area (Å²) in [6, 6.07) is 0. The van der Waals surface area contributed by atoms with Crippen LogP contribution in [0.3, 0.4) is 0 Å². The van der Waals surface area contributed by atoms with Crippen molar-refractivity contribution >= 4 is 55.7 Å². The second-order valence-corrected chi connectivity index (χ2v) is 5.39. The molecular weight excluding hydrogens is 335 g/mol. The summed E-state index contributed by atoms with van der Waals surface area (Å²) in [5.41, 5.74) is 0. The zero-order valence-corrected chi connectivity index (χ0v) is 8.94. The van der Waals surface area contributed by atoms with Crippen molar-refractivity contribution in [2.24, 2.45) is 0 Å². The summed E-state index contributed by atoms with van der Waals surface area (Å²) in [7, 11) is 0. The lowest BCUT2D eigenvalue weighted by Gasteiger charge is -1.84. The summed E-state index contributed by atoms with van der Waals surface area (Å²) in [5, 5.41) is 10.2. The second-order valence-electron chi connectivity index (χ2n) is 1.32. The van der Waals surface area contributed by atoms with Crippen LogP contribution in [0.2, 0.25) is 0 Å². The van der Waals surface area contributed by atoms with Crippen molar-refractivity contribution in [1.29, 1.82) is 0 Å². The molecule has 1 rings (SSSR count). The van der Waals surface area contributed by atoms with Gasteiger partial charge in [0.25, 0.3) is 3.01 Å². The van der Waals surface area contributed by atoms with E-state index in [1.807, 2.05) is 22.6 Å². The highest BCUT2D eigenvalue weighted by Crippen LogP contribution is 2.30. The van der Waals surface area contributed by atoms with Crippen LogP contribution in [0, 0.1) is 13.1 Å². The molecule has 0 spiro atoms. The van der Waals surface area contributed by atoms with Crippen LogP contribution >= 0.6 is 49.9 Å². The molecule has 0 bridgehead atoms. The molecule has 1 aromatic heterocycles. The third-order valence-corrected chi connectivity index (χ3v) is 3.08. The van der Waals surface area contributed by atoms with E-state index < -0.39 is 4.92 Å². The molecule has 0 aliphatic heterocycles. The molecule has 1 aromatic rings. The molecule has 0 aromatic carbocycles. The Balaban J connectivity index is 3.15. The third-order valence-electron chi connectivity index (χ3n) is 0.716. The van der Waals surface area contributed by atoms with Gasteiger partial charge in [-0.3, -0.25) is 0 Å². The van der Waals surface area contributed by atoms with Crippen LogP contribution in [-0.2, 0) is 0 Å². The van der Waals surface area contributed by atoms with Crippen molar-refractivity contribution in [2.75, 3.05) is 0 Å². The number of hydrogen-bond donors (Lipinski definition) is 0. The Morgan fingerprint density at radius 3 is 2.60 bits per heavy atom. The number of thiazole rings is 1. The quantitative estimate of drug-likeness (QED) is 0.450. The number of rotatable bonds is 1. The number of nitrogens with zero attached hydrogens (tertiary/aromatic N) is 2. The Labute approximate surface area is 82.1 Å². The first-order valence-corrected chi connectivity index (χ1v) is 4.76. The summed E-state index contributed by atoms with van der Waals surface area (Å²) < 4.78 is 1.14. The van der Waals surface area contributed by atoms with Crippen molar-refractivity contribution in [3.05, 3.63) is 16.9 Å². The standard InChI is InChI=1S/C3BrIN2O2S/c4-1-2(7(8)9)6-3(5)10-1. The Morgan fingerprint density at radius 2 is 2.40 bits per heavy atom. The van der Waals surface area contributed by atoms with Crippen molar-refractivity contribution in [2.45, 2.75) is 0 Å². The number of halogens is 2. The summed E-state index contributed by atoms with van der Waals surface area (Å²) in [6.07, 6.45) is 0. The van der Waals surface area contributed by atoms with Gasteiger partial charge in [0.05, 0.1) is 0 Å². The monoisotopic (exact) mass is 334 g/mol. The van der Waals surface area contributed by atoms with Crippen molar-refractivity contribution in [3.8, 4) is 0 Å². The van der Waals surface area contributed by atoms with Gasteiger partial charge in [-0.1, -0.05) is 11.3 Å². The van der Waals surface area contributed by atoms with E-state index >= 15 is 0 Å². The van der Waals surface area contributed by atoms with E-state index in [4.69, 9.17) is 0 Å². The molecule has 0 unspecified atom stereocenters. The summed E-state index contributed by atoms with van der Waals surface area (Å²) in [4.78, 5) is 13.3. The van der Waals surface area contributed by atoms with Gasteiger partial charge in [-0.15, -0.1) is 0 Å². The summed E-state index contributed by atoms with van der Waals surface area (Å²) in [5.74, 6) is -0.102. The van der Waals surface area contributed by atoms with Gasteiger partial charge in [0.15, 0.2) is 3.79 Å². The van der Waals surface area contributed by atoms with Gasteiger partial charge in [-0.25, -0.2) is 0 Å². The molecule has 0 saturated heterocycles. The molecule has 7 heteroatoms. The molecule has 1 heterocycles. The molecule has 54 valence electrons. The highest BCUT2D eigenvalue weighted by atomic mass is 127. The summed E-state index contributed by atoms with van der Waals surface area (Å²) >= 11 is 6.21. The van der Waals surface area contributed by atoms with Gasteiger partial charge in [0.2, 0.25) is 0 Å². The van der Waals surface area contributed by atoms with Crippen LogP contribution in [0.1, 0.15) is 0 Å². The van der Waals surface area contributed by atoms with Gasteiger partial charge in [-0.2, -0.15) is 0 Å². The van der Waals surface area contributed by atoms with Crippen molar-refractivity contribution in [3.63, 3.8) is 0 Å². The van der Waals surface area contributed by atoms with Crippen molar-refractivity contribution < 1.29 is 4.92 Å². The summed E-state index contributed by atoms with van der Waals surface area (Å²) in [6.45, 7) is 0. The molecule has 0 saturated carbocycles. The van der Waals surface area contributed by atoms with Gasteiger partial charge in [0, 0.05) is 22.6 Å². The minimum Gasteiger partial charge on any atom is -0.358 e. The lowest BCUT2D eigenvalue weighted by Crippen LogP contribution is -1.87. The Kier molecular flexibility index (Phi) is 2.58. The van der Waals surface area contributed by atoms with Gasteiger partial charge >= 0.3 is 5.82 Å². The molecule has 0 N–H and O–H groups in total. The maximum atomic E-state index is 10.2. The molecule has 0 aliphatic carbocycles. The highest BCUT2D eigenvalue weighted by molar-refractivity contribution is 14.1. The first kappa shape index (κ1) is 8.34. The van der Waals surface area contributed by atoms with E-state index in [1.165, 1.54) is 11.3 Å². The fraction of sp³-hybridized carbons (Fsp3) is 0. The topological polar surface area (TPSA) is 56.0 Å². The van der Waals surface area contributed by atoms with E-state index in [9.17, 15) is 10.1 Å². The minimum atomic E-state index is -0.511. The number of aromatic nitrogens is 1. The van der Waals surface area contributed by atoms with Crippen LogP contribution in [-0.4, -0.2) is 9.91 Å². The average molecular weight is 335 g/mol. The van der Waals surface area contributed by atoms with Gasteiger partial charge in [0.1, 0.15) is 0 Å². The van der Waals surface area contributed by atoms with E-state index in [1.54, 1.807) is 0 Å². The Bertz CT molecular complexity index is 275. The van der Waals surface area contributed by atoms with Crippen LogP contribution < -0.4 is 0 Å². The van der Waals surface area contributed by atoms with Crippen LogP contribution in [0.15, 0.2) is 3.79 Å². The SMILES string of the molecule is O=[N+]([O-])c1nc(I)sc1Br. The van der Waals surface area contributed by atoms with E-state index in [2.05, 4.69) is 20.9 Å². The average Bonchev–Trinajstić information content (AvgIpc) is 2.10. The highest BCUT2D eigenvalue weighted by Gasteiger charge is 2.18. The molecular formula is C3BrIN2O2S. The molecule has 0 radical (unpaired) electrons. The molecule has 0 amide bonds. The predicted octanol–water partition coefficient (Wildman–Crippen LogP) is 2.42.